The van der Waals surface area contributed by atoms with Crippen molar-refractivity contribution in [3.8, 4) is 0 Å². The van der Waals surface area contributed by atoms with Gasteiger partial charge in [0, 0.05) is 31.6 Å². The number of nitrogens with two attached hydrogens (primary N) is 1. The number of alkyl halides is 3. The molecule has 1 aliphatic heterocycles. The molecule has 12 heteroatoms. The number of anilines is 1. The zero-order chi connectivity index (χ0) is 24.5. The van der Waals surface area contributed by atoms with Crippen molar-refractivity contribution < 1.29 is 31.9 Å². The fourth-order valence-corrected chi connectivity index (χ4v) is 4.08. The van der Waals surface area contributed by atoms with Gasteiger partial charge in [-0.2, -0.15) is 13.2 Å². The molecule has 9 nitrogen and oxygen atoms in total. The molecule has 1 amide bonds. The molecule has 4 rings (SSSR count). The Bertz CT molecular complexity index is 1260. The number of piperazine rings is 1. The van der Waals surface area contributed by atoms with E-state index in [1.165, 1.54) is 24.5 Å². The summed E-state index contributed by atoms with van der Waals surface area (Å²) in [4.78, 5) is 41.7. The highest BCUT2D eigenvalue weighted by molar-refractivity contribution is 6.05. The maximum Gasteiger partial charge on any atom is 0.406 e. The number of para-hydroxylation sites is 1. The number of nitrogens with zero attached hydrogens (tertiary/aromatic N) is 3. The number of hydrogen-bond acceptors (Lipinski definition) is 7. The summed E-state index contributed by atoms with van der Waals surface area (Å²) < 4.78 is 50.3. The molecule has 0 unspecified atom stereocenters. The number of aromatic nitrogens is 1. The van der Waals surface area contributed by atoms with E-state index in [-0.39, 0.29) is 54.4 Å². The predicted molar refractivity (Wildman–Crippen MR) is 116 cm³/mol. The van der Waals surface area contributed by atoms with Crippen LogP contribution in [0.3, 0.4) is 0 Å². The van der Waals surface area contributed by atoms with Crippen molar-refractivity contribution in [2.24, 2.45) is 5.73 Å². The first-order valence-electron chi connectivity index (χ1n) is 10.4. The van der Waals surface area contributed by atoms with Crippen molar-refractivity contribution in [2.45, 2.75) is 12.7 Å². The molecular weight excluding hydrogens is 457 g/mol. The fourth-order valence-electron chi connectivity index (χ4n) is 4.08. The van der Waals surface area contributed by atoms with E-state index in [1.54, 1.807) is 28.0 Å². The van der Waals surface area contributed by atoms with Crippen molar-refractivity contribution in [2.75, 3.05) is 37.8 Å². The lowest BCUT2D eigenvalue weighted by atomic mass is 10.1. The number of rotatable bonds is 5. The van der Waals surface area contributed by atoms with Crippen LogP contribution in [0.25, 0.3) is 10.9 Å². The Labute approximate surface area is 191 Å². The molecule has 1 fully saturated rings. The normalized spacial score (nSPS) is 14.5. The van der Waals surface area contributed by atoms with Crippen molar-refractivity contribution >= 4 is 28.5 Å². The first-order chi connectivity index (χ1) is 16.2. The van der Waals surface area contributed by atoms with Crippen molar-refractivity contribution in [1.82, 2.24) is 9.47 Å². The third-order valence-electron chi connectivity index (χ3n) is 5.52. The van der Waals surface area contributed by atoms with Gasteiger partial charge in [-0.25, -0.2) is 4.79 Å². The van der Waals surface area contributed by atoms with Crippen LogP contribution in [0.2, 0.25) is 0 Å². The number of esters is 1. The number of fused-ring (bicyclic) bond motifs is 1. The van der Waals surface area contributed by atoms with E-state index in [1.807, 2.05) is 0 Å². The molecule has 3 aromatic rings. The summed E-state index contributed by atoms with van der Waals surface area (Å²) in [5.41, 5.74) is 3.82. The quantitative estimate of drug-likeness (QED) is 0.442. The highest BCUT2D eigenvalue weighted by Gasteiger charge is 2.34. The Balaban J connectivity index is 1.78. The second-order valence-corrected chi connectivity index (χ2v) is 7.60. The predicted octanol–water partition coefficient (Wildman–Crippen LogP) is 2.19. The van der Waals surface area contributed by atoms with Gasteiger partial charge >= 0.3 is 12.1 Å². The molecule has 0 saturated carbocycles. The third kappa shape index (κ3) is 4.49. The minimum absolute atomic E-state index is 0.0261. The molecule has 3 heterocycles. The molecule has 1 aliphatic rings. The largest absolute Gasteiger partial charge is 0.459 e. The number of pyridine rings is 1. The maximum atomic E-state index is 13.3. The van der Waals surface area contributed by atoms with E-state index in [0.717, 1.165) is 0 Å². The smallest absolute Gasteiger partial charge is 0.406 e. The first kappa shape index (κ1) is 23.4. The van der Waals surface area contributed by atoms with Gasteiger partial charge in [-0.3, -0.25) is 19.9 Å². The molecule has 2 N–H and O–H groups in total. The lowest BCUT2D eigenvalue weighted by Gasteiger charge is -2.37. The zero-order valence-electron chi connectivity index (χ0n) is 17.9. The van der Waals surface area contributed by atoms with Gasteiger partial charge < -0.3 is 19.0 Å². The number of ether oxygens (including phenoxy) is 1. The van der Waals surface area contributed by atoms with Gasteiger partial charge in [0.15, 0.2) is 5.76 Å². The lowest BCUT2D eigenvalue weighted by Crippen LogP contribution is -2.50. The van der Waals surface area contributed by atoms with Crippen molar-refractivity contribution in [1.29, 1.82) is 0 Å². The zero-order valence-corrected chi connectivity index (χ0v) is 17.9. The van der Waals surface area contributed by atoms with Crippen LogP contribution in [0.4, 0.5) is 18.9 Å². The Morgan fingerprint density at radius 1 is 1.06 bits per heavy atom. The molecule has 0 aliphatic carbocycles. The summed E-state index contributed by atoms with van der Waals surface area (Å²) in [6.45, 7) is -1.18. The van der Waals surface area contributed by atoms with Crippen molar-refractivity contribution in [3.05, 3.63) is 64.3 Å². The summed E-state index contributed by atoms with van der Waals surface area (Å²) in [5, 5.41) is 0.279. The minimum atomic E-state index is -4.69. The van der Waals surface area contributed by atoms with Crippen LogP contribution < -0.4 is 16.2 Å². The Morgan fingerprint density at radius 2 is 1.76 bits per heavy atom. The molecule has 34 heavy (non-hydrogen) atoms. The molecule has 0 atom stereocenters. The van der Waals surface area contributed by atoms with Gasteiger partial charge in [0.05, 0.1) is 17.5 Å². The average Bonchev–Trinajstić information content (AvgIpc) is 3.34. The van der Waals surface area contributed by atoms with Crippen molar-refractivity contribution in [3.63, 3.8) is 0 Å². The van der Waals surface area contributed by atoms with Crippen LogP contribution in [0.1, 0.15) is 20.9 Å². The third-order valence-corrected chi connectivity index (χ3v) is 5.52. The Hall–Kier alpha value is -3.80. The molecule has 0 bridgehead atoms. The lowest BCUT2D eigenvalue weighted by molar-refractivity contribution is -0.140. The van der Waals surface area contributed by atoms with Crippen LogP contribution in [-0.4, -0.2) is 60.4 Å². The monoisotopic (exact) mass is 478 g/mol. The van der Waals surface area contributed by atoms with E-state index < -0.39 is 36.5 Å². The minimum Gasteiger partial charge on any atom is -0.459 e. The molecule has 1 saturated heterocycles. The number of furan rings is 1. The van der Waals surface area contributed by atoms with Gasteiger partial charge in [0.25, 0.3) is 11.5 Å². The number of benzene rings is 1. The summed E-state index contributed by atoms with van der Waals surface area (Å²) in [7, 11) is 0. The van der Waals surface area contributed by atoms with Crippen LogP contribution >= 0.6 is 0 Å². The molecule has 2 aromatic heterocycles. The van der Waals surface area contributed by atoms with Gasteiger partial charge in [-0.15, -0.1) is 0 Å². The summed E-state index contributed by atoms with van der Waals surface area (Å²) >= 11 is 0. The molecule has 180 valence electrons. The van der Waals surface area contributed by atoms with E-state index in [4.69, 9.17) is 14.9 Å². The van der Waals surface area contributed by atoms with Gasteiger partial charge in [0.2, 0.25) is 0 Å². The number of carbonyl (C=O) groups excluding carboxylic acids is 2. The van der Waals surface area contributed by atoms with Crippen LogP contribution in [0.5, 0.6) is 0 Å². The molecule has 1 aromatic carbocycles. The second kappa shape index (κ2) is 9.21. The standard InChI is InChI=1S/C22H21F3N4O5/c23-22(24,25)12-29-15-5-2-1-4-14(15)18(17(20(29)31)21(32)34-13-26)27-7-9-28(10-8-27)19(30)16-6-3-11-33-16/h1-6,11H,7-10,12-13,26H2. The van der Waals surface area contributed by atoms with Gasteiger partial charge in [-0.05, 0) is 18.2 Å². The highest BCUT2D eigenvalue weighted by Crippen LogP contribution is 2.32. The van der Waals surface area contributed by atoms with E-state index >= 15 is 0 Å². The van der Waals surface area contributed by atoms with Crippen LogP contribution in [0, 0.1) is 0 Å². The number of carbonyl (C=O) groups is 2. The Morgan fingerprint density at radius 3 is 2.38 bits per heavy atom. The van der Waals surface area contributed by atoms with E-state index in [2.05, 4.69) is 0 Å². The molecule has 0 spiro atoms. The summed E-state index contributed by atoms with van der Waals surface area (Å²) in [6.07, 6.45) is -3.30. The number of amides is 1. The SMILES string of the molecule is NCOC(=O)c1c(N2CCN(C(=O)c3ccco3)CC2)c2ccccc2n(CC(F)(F)F)c1=O. The van der Waals surface area contributed by atoms with E-state index in [9.17, 15) is 27.6 Å². The number of halogens is 3. The topological polar surface area (TPSA) is 111 Å². The second-order valence-electron chi connectivity index (χ2n) is 7.60. The summed E-state index contributed by atoms with van der Waals surface area (Å²) in [5.74, 6) is -1.24. The highest BCUT2D eigenvalue weighted by atomic mass is 19.4. The van der Waals surface area contributed by atoms with E-state index in [0.29, 0.717) is 4.57 Å². The van der Waals surface area contributed by atoms with Crippen LogP contribution in [0.15, 0.2) is 51.9 Å². The van der Waals surface area contributed by atoms with Gasteiger partial charge in [0.1, 0.15) is 18.8 Å². The molecular formula is C22H21F3N4O5. The maximum absolute atomic E-state index is 13.3. The Kier molecular flexibility index (Phi) is 6.33. The fraction of sp³-hybridized carbons (Fsp3) is 0.318. The van der Waals surface area contributed by atoms with Crippen LogP contribution in [-0.2, 0) is 11.3 Å². The average molecular weight is 478 g/mol. The van der Waals surface area contributed by atoms with Gasteiger partial charge in [-0.1, -0.05) is 18.2 Å². The summed E-state index contributed by atoms with van der Waals surface area (Å²) in [6, 6.07) is 9.18. The number of hydrogen-bond donors (Lipinski definition) is 1. The molecule has 0 radical (unpaired) electrons. The first-order valence-corrected chi connectivity index (χ1v) is 10.4.